The number of nitrogens with one attached hydrogen (secondary N) is 2. The lowest BCUT2D eigenvalue weighted by Crippen LogP contribution is -2.35. The first-order valence-electron chi connectivity index (χ1n) is 12.8. The van der Waals surface area contributed by atoms with E-state index in [2.05, 4.69) is 64.7 Å². The van der Waals surface area contributed by atoms with Gasteiger partial charge in [-0.3, -0.25) is 0 Å². The molecular weight excluding hydrogens is 474 g/mol. The zero-order chi connectivity index (χ0) is 26.3. The van der Waals surface area contributed by atoms with Crippen LogP contribution in [0.15, 0.2) is 95.7 Å². The predicted molar refractivity (Wildman–Crippen MR) is 153 cm³/mol. The molecule has 0 saturated heterocycles. The number of furan rings is 1. The molecule has 0 saturated carbocycles. The Morgan fingerprint density at radius 1 is 0.921 bits per heavy atom. The first kappa shape index (κ1) is 25.4. The monoisotopic (exact) mass is 507 g/mol. The summed E-state index contributed by atoms with van der Waals surface area (Å²) in [5.74, 6) is 3.27. The summed E-state index contributed by atoms with van der Waals surface area (Å²) in [7, 11) is 4.15. The molecule has 1 unspecified atom stereocenters. The van der Waals surface area contributed by atoms with Crippen LogP contribution in [0.3, 0.4) is 0 Å². The number of hydrogen-bond donors (Lipinski definition) is 2. The minimum atomic E-state index is 0.370. The first-order chi connectivity index (χ1) is 18.5. The fourth-order valence-electron chi connectivity index (χ4n) is 4.34. The molecule has 0 aliphatic heterocycles. The highest BCUT2D eigenvalue weighted by atomic mass is 16.5. The van der Waals surface area contributed by atoms with Crippen LogP contribution in [0.4, 0.5) is 11.5 Å². The molecule has 0 radical (unpaired) electrons. The maximum atomic E-state index is 6.15. The summed E-state index contributed by atoms with van der Waals surface area (Å²) in [4.78, 5) is 11.1. The van der Waals surface area contributed by atoms with Gasteiger partial charge in [-0.15, -0.1) is 0 Å². The number of anilines is 2. The Bertz CT molecular complexity index is 1470. The van der Waals surface area contributed by atoms with Gasteiger partial charge in [0.25, 0.3) is 0 Å². The minimum absolute atomic E-state index is 0.370. The molecule has 0 fully saturated rings. The third-order valence-electron chi connectivity index (χ3n) is 6.21. The van der Waals surface area contributed by atoms with Crippen LogP contribution in [0.25, 0.3) is 22.2 Å². The van der Waals surface area contributed by atoms with Gasteiger partial charge in [-0.05, 0) is 81.2 Å². The van der Waals surface area contributed by atoms with Gasteiger partial charge in [0.1, 0.15) is 36.0 Å². The van der Waals surface area contributed by atoms with E-state index in [-0.39, 0.29) is 0 Å². The summed E-state index contributed by atoms with van der Waals surface area (Å²) < 4.78 is 12.1. The summed E-state index contributed by atoms with van der Waals surface area (Å²) >= 11 is 0. The highest BCUT2D eigenvalue weighted by Gasteiger charge is 2.11. The third kappa shape index (κ3) is 6.56. The largest absolute Gasteiger partial charge is 0.489 e. The Morgan fingerprint density at radius 2 is 1.74 bits per heavy atom. The van der Waals surface area contributed by atoms with Crippen molar-refractivity contribution >= 4 is 22.4 Å². The van der Waals surface area contributed by atoms with Crippen molar-refractivity contribution in [2.45, 2.75) is 26.1 Å². The van der Waals surface area contributed by atoms with Gasteiger partial charge in [-0.25, -0.2) is 9.97 Å². The average molecular weight is 508 g/mol. The second-order valence-corrected chi connectivity index (χ2v) is 9.69. The number of hydrogen-bond acceptors (Lipinski definition) is 7. The van der Waals surface area contributed by atoms with Crippen LogP contribution in [0.1, 0.15) is 18.2 Å². The van der Waals surface area contributed by atoms with Gasteiger partial charge in [0.2, 0.25) is 0 Å². The second-order valence-electron chi connectivity index (χ2n) is 9.69. The number of rotatable bonds is 11. The minimum Gasteiger partial charge on any atom is -0.489 e. The van der Waals surface area contributed by atoms with Gasteiger partial charge in [-0.2, -0.15) is 0 Å². The van der Waals surface area contributed by atoms with Crippen LogP contribution < -0.4 is 15.4 Å². The molecule has 38 heavy (non-hydrogen) atoms. The van der Waals surface area contributed by atoms with Crippen molar-refractivity contribution in [3.05, 3.63) is 103 Å². The van der Waals surface area contributed by atoms with E-state index in [4.69, 9.17) is 9.15 Å². The van der Waals surface area contributed by atoms with Crippen LogP contribution >= 0.6 is 0 Å². The Morgan fingerprint density at radius 3 is 2.53 bits per heavy atom. The number of aromatic nitrogens is 2. The van der Waals surface area contributed by atoms with Gasteiger partial charge in [0.05, 0.1) is 12.1 Å². The van der Waals surface area contributed by atoms with Crippen molar-refractivity contribution in [1.82, 2.24) is 20.2 Å². The highest BCUT2D eigenvalue weighted by molar-refractivity contribution is 5.93. The number of benzene rings is 3. The summed E-state index contributed by atoms with van der Waals surface area (Å²) in [5.41, 5.74) is 3.89. The Kier molecular flexibility index (Phi) is 7.97. The number of ether oxygens (including phenoxy) is 1. The molecule has 1 atom stereocenters. The van der Waals surface area contributed by atoms with E-state index in [0.717, 1.165) is 57.3 Å². The van der Waals surface area contributed by atoms with Crippen molar-refractivity contribution in [1.29, 1.82) is 0 Å². The number of nitrogens with zero attached hydrogens (tertiary/aromatic N) is 3. The van der Waals surface area contributed by atoms with Gasteiger partial charge >= 0.3 is 0 Å². The van der Waals surface area contributed by atoms with Crippen LogP contribution in [-0.4, -0.2) is 41.5 Å². The summed E-state index contributed by atoms with van der Waals surface area (Å²) in [5, 5.41) is 7.86. The number of fused-ring (bicyclic) bond motifs is 1. The molecule has 0 spiro atoms. The summed E-state index contributed by atoms with van der Waals surface area (Å²) in [6.45, 7) is 4.36. The van der Waals surface area contributed by atoms with Gasteiger partial charge in [0, 0.05) is 29.2 Å². The van der Waals surface area contributed by atoms with E-state index in [9.17, 15) is 0 Å². The molecule has 0 aliphatic carbocycles. The molecule has 0 aliphatic rings. The molecular formula is C31H33N5O2. The SMILES string of the molecule is CC(CN(C)C)NCc1ccc(-c2ccc3ncnc(Nc4ccc(OCc5ccccc5)cc4)c3c2)o1. The standard InChI is InChI=1S/C31H33N5O2/c1-22(19-36(2)3)32-18-27-14-16-30(38-27)24-9-15-29-28(17-24)31(34-21-33-29)35-25-10-12-26(13-11-25)37-20-23-7-5-4-6-8-23/h4-17,21-22,32H,18-20H2,1-3H3,(H,33,34,35). The lowest BCUT2D eigenvalue weighted by molar-refractivity contribution is 0.306. The van der Waals surface area contributed by atoms with Crippen LogP contribution in [0.2, 0.25) is 0 Å². The highest BCUT2D eigenvalue weighted by Crippen LogP contribution is 2.30. The molecule has 0 amide bonds. The molecule has 7 heteroatoms. The fraction of sp³-hybridized carbons (Fsp3) is 0.226. The third-order valence-corrected chi connectivity index (χ3v) is 6.21. The van der Waals surface area contributed by atoms with Crippen molar-refractivity contribution in [2.24, 2.45) is 0 Å². The van der Waals surface area contributed by atoms with E-state index >= 15 is 0 Å². The van der Waals surface area contributed by atoms with Crippen LogP contribution in [0.5, 0.6) is 5.75 Å². The molecule has 5 rings (SSSR count). The maximum absolute atomic E-state index is 6.15. The van der Waals surface area contributed by atoms with Gasteiger partial charge in [-0.1, -0.05) is 30.3 Å². The van der Waals surface area contributed by atoms with Gasteiger partial charge < -0.3 is 24.7 Å². The molecule has 2 N–H and O–H groups in total. The van der Waals surface area contributed by atoms with E-state index in [0.29, 0.717) is 19.2 Å². The molecule has 7 nitrogen and oxygen atoms in total. The molecule has 3 aromatic carbocycles. The Hall–Kier alpha value is -4.20. The molecule has 194 valence electrons. The average Bonchev–Trinajstić information content (AvgIpc) is 3.41. The predicted octanol–water partition coefficient (Wildman–Crippen LogP) is 6.25. The van der Waals surface area contributed by atoms with E-state index in [1.807, 2.05) is 66.7 Å². The topological polar surface area (TPSA) is 75.5 Å². The zero-order valence-corrected chi connectivity index (χ0v) is 22.0. The number of likely N-dealkylation sites (N-methyl/N-ethyl adjacent to an activating group) is 1. The molecule has 2 heterocycles. The fourth-order valence-corrected chi connectivity index (χ4v) is 4.34. The van der Waals surface area contributed by atoms with E-state index < -0.39 is 0 Å². The lowest BCUT2D eigenvalue weighted by atomic mass is 10.1. The Labute approximate surface area is 223 Å². The van der Waals surface area contributed by atoms with E-state index in [1.165, 1.54) is 0 Å². The van der Waals surface area contributed by atoms with E-state index in [1.54, 1.807) is 6.33 Å². The van der Waals surface area contributed by atoms with Crippen molar-refractivity contribution < 1.29 is 9.15 Å². The maximum Gasteiger partial charge on any atom is 0.141 e. The van der Waals surface area contributed by atoms with Crippen molar-refractivity contribution in [2.75, 3.05) is 26.0 Å². The van der Waals surface area contributed by atoms with Crippen molar-refractivity contribution in [3.63, 3.8) is 0 Å². The second kappa shape index (κ2) is 11.9. The molecule has 2 aromatic heterocycles. The molecule has 5 aromatic rings. The van der Waals surface area contributed by atoms with Crippen LogP contribution in [-0.2, 0) is 13.2 Å². The summed E-state index contributed by atoms with van der Waals surface area (Å²) in [6, 6.07) is 28.5. The smallest absolute Gasteiger partial charge is 0.141 e. The summed E-state index contributed by atoms with van der Waals surface area (Å²) in [6.07, 6.45) is 1.58. The Balaban J connectivity index is 1.28. The van der Waals surface area contributed by atoms with Crippen molar-refractivity contribution in [3.8, 4) is 17.1 Å². The quantitative estimate of drug-likeness (QED) is 0.219. The van der Waals surface area contributed by atoms with Crippen LogP contribution in [0, 0.1) is 0 Å². The normalized spacial score (nSPS) is 12.1. The van der Waals surface area contributed by atoms with Gasteiger partial charge in [0.15, 0.2) is 0 Å². The lowest BCUT2D eigenvalue weighted by Gasteiger charge is -2.17. The first-order valence-corrected chi connectivity index (χ1v) is 12.8. The molecule has 0 bridgehead atoms. The zero-order valence-electron chi connectivity index (χ0n) is 22.0.